The number of hydrogen-bond acceptors (Lipinski definition) is 7. The predicted molar refractivity (Wildman–Crippen MR) is 110 cm³/mol. The first-order valence-corrected chi connectivity index (χ1v) is 11.0. The molecule has 1 amide bonds. The minimum Gasteiger partial charge on any atom is -0.354 e. The standard InChI is InChI=1S/C19H28N6O2S/c1-3-23-8-5-7-15(23)11-20-17(27)14-6-4-9-24(12-14)19-22-25-16(26)10-13(2)21-18(25)28-19/h10,14-15H,3-9,11-12H2,1-2H3,(H,20,27). The molecule has 4 rings (SSSR count). The molecule has 152 valence electrons. The molecule has 9 heteroatoms. The van der Waals surface area contributed by atoms with Crippen LogP contribution in [0.4, 0.5) is 5.13 Å². The van der Waals surface area contributed by atoms with Gasteiger partial charge in [0, 0.05) is 37.4 Å². The van der Waals surface area contributed by atoms with Crippen LogP contribution in [0.5, 0.6) is 0 Å². The van der Waals surface area contributed by atoms with Crippen molar-refractivity contribution in [3.63, 3.8) is 0 Å². The van der Waals surface area contributed by atoms with E-state index in [9.17, 15) is 9.59 Å². The Balaban J connectivity index is 1.41. The summed E-state index contributed by atoms with van der Waals surface area (Å²) >= 11 is 1.41. The summed E-state index contributed by atoms with van der Waals surface area (Å²) in [7, 11) is 0. The zero-order chi connectivity index (χ0) is 19.7. The van der Waals surface area contributed by atoms with Crippen molar-refractivity contribution in [1.82, 2.24) is 24.8 Å². The second-order valence-electron chi connectivity index (χ2n) is 7.77. The van der Waals surface area contributed by atoms with Gasteiger partial charge in [-0.05, 0) is 45.7 Å². The quantitative estimate of drug-likeness (QED) is 0.808. The van der Waals surface area contributed by atoms with E-state index in [-0.39, 0.29) is 17.4 Å². The van der Waals surface area contributed by atoms with Crippen LogP contribution in [0.25, 0.3) is 4.96 Å². The molecule has 8 nitrogen and oxygen atoms in total. The van der Waals surface area contributed by atoms with Crippen LogP contribution in [0.15, 0.2) is 10.9 Å². The molecule has 1 N–H and O–H groups in total. The van der Waals surface area contributed by atoms with E-state index in [1.54, 1.807) is 0 Å². The normalized spacial score (nSPS) is 23.4. The molecule has 0 aromatic carbocycles. The molecule has 2 aliphatic rings. The Morgan fingerprint density at radius 3 is 2.96 bits per heavy atom. The molecule has 2 unspecified atom stereocenters. The van der Waals surface area contributed by atoms with Crippen molar-refractivity contribution in [2.24, 2.45) is 5.92 Å². The molecule has 2 aromatic heterocycles. The number of nitrogens with one attached hydrogen (secondary N) is 1. The van der Waals surface area contributed by atoms with Crippen molar-refractivity contribution in [2.75, 3.05) is 37.6 Å². The summed E-state index contributed by atoms with van der Waals surface area (Å²) in [5, 5.41) is 8.40. The summed E-state index contributed by atoms with van der Waals surface area (Å²) in [4.78, 5) is 34.4. The highest BCUT2D eigenvalue weighted by atomic mass is 32.1. The fourth-order valence-corrected chi connectivity index (χ4v) is 5.30. The number of likely N-dealkylation sites (tertiary alicyclic amines) is 1. The highest BCUT2D eigenvalue weighted by molar-refractivity contribution is 7.20. The summed E-state index contributed by atoms with van der Waals surface area (Å²) in [6, 6.07) is 1.96. The van der Waals surface area contributed by atoms with Gasteiger partial charge < -0.3 is 10.2 Å². The minimum absolute atomic E-state index is 0.0383. The number of hydrogen-bond donors (Lipinski definition) is 1. The van der Waals surface area contributed by atoms with Gasteiger partial charge in [-0.15, -0.1) is 5.10 Å². The molecule has 28 heavy (non-hydrogen) atoms. The molecule has 2 atom stereocenters. The van der Waals surface area contributed by atoms with E-state index in [1.165, 1.54) is 28.3 Å². The van der Waals surface area contributed by atoms with E-state index in [0.717, 1.165) is 50.6 Å². The van der Waals surface area contributed by atoms with Gasteiger partial charge in [-0.3, -0.25) is 14.5 Å². The van der Waals surface area contributed by atoms with Crippen molar-refractivity contribution in [2.45, 2.75) is 45.6 Å². The monoisotopic (exact) mass is 404 g/mol. The number of piperidine rings is 1. The first-order valence-electron chi connectivity index (χ1n) is 10.2. The van der Waals surface area contributed by atoms with Gasteiger partial charge in [0.1, 0.15) is 0 Å². The van der Waals surface area contributed by atoms with E-state index in [1.807, 2.05) is 6.92 Å². The topological polar surface area (TPSA) is 82.8 Å². The number of fused-ring (bicyclic) bond motifs is 1. The van der Waals surface area contributed by atoms with E-state index < -0.39 is 0 Å². The van der Waals surface area contributed by atoms with Crippen molar-refractivity contribution >= 4 is 27.3 Å². The fourth-order valence-electron chi connectivity index (χ4n) is 4.31. The van der Waals surface area contributed by atoms with Crippen molar-refractivity contribution < 1.29 is 4.79 Å². The molecule has 2 fully saturated rings. The molecule has 4 heterocycles. The third kappa shape index (κ3) is 3.91. The van der Waals surface area contributed by atoms with E-state index in [0.29, 0.717) is 23.2 Å². The van der Waals surface area contributed by atoms with Gasteiger partial charge in [-0.1, -0.05) is 18.3 Å². The molecule has 0 saturated carbocycles. The summed E-state index contributed by atoms with van der Waals surface area (Å²) in [6.45, 7) is 8.40. The number of aromatic nitrogens is 3. The lowest BCUT2D eigenvalue weighted by atomic mass is 9.97. The maximum Gasteiger partial charge on any atom is 0.275 e. The molecule has 0 spiro atoms. The highest BCUT2D eigenvalue weighted by Gasteiger charge is 2.29. The van der Waals surface area contributed by atoms with Crippen molar-refractivity contribution in [3.8, 4) is 0 Å². The van der Waals surface area contributed by atoms with Gasteiger partial charge in [0.25, 0.3) is 5.56 Å². The lowest BCUT2D eigenvalue weighted by Gasteiger charge is -2.32. The fraction of sp³-hybridized carbons (Fsp3) is 0.684. The average molecular weight is 405 g/mol. The van der Waals surface area contributed by atoms with Crippen LogP contribution in [-0.2, 0) is 4.79 Å². The molecule has 2 aliphatic heterocycles. The number of nitrogens with zero attached hydrogens (tertiary/aromatic N) is 5. The molecule has 0 radical (unpaired) electrons. The second-order valence-corrected chi connectivity index (χ2v) is 8.70. The Bertz CT molecular complexity index is 909. The Labute approximate surface area is 168 Å². The van der Waals surface area contributed by atoms with Crippen LogP contribution < -0.4 is 15.8 Å². The molecule has 2 saturated heterocycles. The number of anilines is 1. The Hall–Kier alpha value is -2.00. The number of rotatable bonds is 5. The van der Waals surface area contributed by atoms with Crippen LogP contribution in [0, 0.1) is 12.8 Å². The van der Waals surface area contributed by atoms with E-state index in [4.69, 9.17) is 0 Å². The van der Waals surface area contributed by atoms with E-state index in [2.05, 4.69) is 32.1 Å². The lowest BCUT2D eigenvalue weighted by molar-refractivity contribution is -0.125. The maximum atomic E-state index is 12.8. The zero-order valence-electron chi connectivity index (χ0n) is 16.6. The summed E-state index contributed by atoms with van der Waals surface area (Å²) in [6.07, 6.45) is 4.22. The number of amides is 1. The number of aryl methyl sites for hydroxylation is 1. The van der Waals surface area contributed by atoms with Crippen molar-refractivity contribution in [3.05, 3.63) is 22.1 Å². The third-order valence-corrected chi connectivity index (χ3v) is 6.81. The highest BCUT2D eigenvalue weighted by Crippen LogP contribution is 2.27. The minimum atomic E-state index is -0.159. The summed E-state index contributed by atoms with van der Waals surface area (Å²) < 4.78 is 1.36. The Kier molecular flexibility index (Phi) is 5.63. The molecule has 0 aliphatic carbocycles. The molecule has 0 bridgehead atoms. The molecular weight excluding hydrogens is 376 g/mol. The van der Waals surface area contributed by atoms with Crippen molar-refractivity contribution in [1.29, 1.82) is 0 Å². The largest absolute Gasteiger partial charge is 0.354 e. The SMILES string of the molecule is CCN1CCCC1CNC(=O)C1CCCN(c2nn3c(=O)cc(C)nc3s2)C1. The van der Waals surface area contributed by atoms with Gasteiger partial charge in [0.05, 0.1) is 5.92 Å². The van der Waals surface area contributed by atoms with Gasteiger partial charge in [-0.25, -0.2) is 4.98 Å². The molecule has 2 aromatic rings. The van der Waals surface area contributed by atoms with Gasteiger partial charge in [-0.2, -0.15) is 4.52 Å². The van der Waals surface area contributed by atoms with Crippen LogP contribution in [-0.4, -0.2) is 64.2 Å². The first-order chi connectivity index (χ1) is 13.5. The average Bonchev–Trinajstić information content (AvgIpc) is 3.32. The van der Waals surface area contributed by atoms with Crippen LogP contribution >= 0.6 is 11.3 Å². The van der Waals surface area contributed by atoms with Crippen LogP contribution in [0.1, 0.15) is 38.3 Å². The lowest BCUT2D eigenvalue weighted by Crippen LogP contribution is -2.46. The number of likely N-dealkylation sites (N-methyl/N-ethyl adjacent to an activating group) is 1. The van der Waals surface area contributed by atoms with Gasteiger partial charge >= 0.3 is 0 Å². The Morgan fingerprint density at radius 2 is 2.14 bits per heavy atom. The second kappa shape index (κ2) is 8.16. The van der Waals surface area contributed by atoms with Gasteiger partial charge in [0.2, 0.25) is 16.0 Å². The predicted octanol–water partition coefficient (Wildman–Crippen LogP) is 1.28. The summed E-state index contributed by atoms with van der Waals surface area (Å²) in [5.74, 6) is 0.101. The number of carbonyl (C=O) groups is 1. The smallest absolute Gasteiger partial charge is 0.275 e. The molecular formula is C19H28N6O2S. The third-order valence-electron chi connectivity index (χ3n) is 5.84. The van der Waals surface area contributed by atoms with Gasteiger partial charge in [0.15, 0.2) is 0 Å². The maximum absolute atomic E-state index is 12.8. The zero-order valence-corrected chi connectivity index (χ0v) is 17.4. The number of carbonyl (C=O) groups excluding carboxylic acids is 1. The first kappa shape index (κ1) is 19.3. The van der Waals surface area contributed by atoms with Crippen LogP contribution in [0.3, 0.4) is 0 Å². The Morgan fingerprint density at radius 1 is 1.32 bits per heavy atom. The van der Waals surface area contributed by atoms with E-state index >= 15 is 0 Å². The summed E-state index contributed by atoms with van der Waals surface area (Å²) in [5.41, 5.74) is 0.539. The van der Waals surface area contributed by atoms with Crippen LogP contribution in [0.2, 0.25) is 0 Å².